The van der Waals surface area contributed by atoms with Crippen LogP contribution >= 0.6 is 0 Å². The SMILES string of the molecule is [CH]=CC(C)=CC=CC(C)(C)O. The quantitative estimate of drug-likeness (QED) is 0.613. The standard InChI is InChI=1S/C10H15O/c1-5-9(2)7-6-8-10(3,4)11/h1,5-8,11H,2-4H3. The molecule has 0 aliphatic carbocycles. The number of allylic oxidation sites excluding steroid dienone is 4. The molecular weight excluding hydrogens is 136 g/mol. The molecule has 0 spiro atoms. The molecule has 0 aromatic heterocycles. The van der Waals surface area contributed by atoms with Gasteiger partial charge in [0.2, 0.25) is 0 Å². The van der Waals surface area contributed by atoms with Crippen molar-refractivity contribution in [1.82, 2.24) is 0 Å². The lowest BCUT2D eigenvalue weighted by atomic mass is 10.1. The molecular formula is C10H15O. The van der Waals surface area contributed by atoms with E-state index in [2.05, 4.69) is 0 Å². The fourth-order valence-electron chi connectivity index (χ4n) is 0.491. The molecule has 0 saturated heterocycles. The summed E-state index contributed by atoms with van der Waals surface area (Å²) >= 11 is 0. The van der Waals surface area contributed by atoms with Gasteiger partial charge < -0.3 is 5.11 Å². The van der Waals surface area contributed by atoms with Crippen molar-refractivity contribution in [3.63, 3.8) is 0 Å². The van der Waals surface area contributed by atoms with E-state index in [4.69, 9.17) is 6.58 Å². The molecule has 1 nitrogen and oxygen atoms in total. The summed E-state index contributed by atoms with van der Waals surface area (Å²) in [5.41, 5.74) is 0.233. The summed E-state index contributed by atoms with van der Waals surface area (Å²) in [6.07, 6.45) is 6.87. The minimum Gasteiger partial charge on any atom is -0.386 e. The molecule has 0 aromatic carbocycles. The Hall–Kier alpha value is -0.820. The highest BCUT2D eigenvalue weighted by atomic mass is 16.3. The van der Waals surface area contributed by atoms with Crippen LogP contribution in [0.4, 0.5) is 0 Å². The third-order valence-electron chi connectivity index (χ3n) is 1.13. The maximum absolute atomic E-state index is 9.25. The van der Waals surface area contributed by atoms with E-state index in [1.807, 2.05) is 13.0 Å². The average Bonchev–Trinajstić information content (AvgIpc) is 1.85. The molecule has 1 N–H and O–H groups in total. The molecule has 0 heterocycles. The fourth-order valence-corrected chi connectivity index (χ4v) is 0.491. The molecule has 1 radical (unpaired) electrons. The minimum absolute atomic E-state index is 0.745. The number of aliphatic hydroxyl groups is 1. The van der Waals surface area contributed by atoms with E-state index in [-0.39, 0.29) is 0 Å². The highest BCUT2D eigenvalue weighted by Gasteiger charge is 2.04. The Labute approximate surface area is 68.7 Å². The van der Waals surface area contributed by atoms with Gasteiger partial charge in [-0.05, 0) is 20.8 Å². The van der Waals surface area contributed by atoms with E-state index in [9.17, 15) is 5.11 Å². The molecule has 0 aliphatic heterocycles. The third-order valence-corrected chi connectivity index (χ3v) is 1.13. The van der Waals surface area contributed by atoms with Crippen LogP contribution in [0.15, 0.2) is 29.9 Å². The number of rotatable bonds is 3. The van der Waals surface area contributed by atoms with Gasteiger partial charge in [0.05, 0.1) is 5.60 Å². The van der Waals surface area contributed by atoms with Crippen molar-refractivity contribution >= 4 is 0 Å². The zero-order chi connectivity index (χ0) is 8.91. The Bertz CT molecular complexity index is 180. The highest BCUT2D eigenvalue weighted by molar-refractivity contribution is 5.20. The Morgan fingerprint density at radius 3 is 2.36 bits per heavy atom. The number of hydrogen-bond acceptors (Lipinski definition) is 1. The van der Waals surface area contributed by atoms with Crippen LogP contribution in [0.25, 0.3) is 0 Å². The van der Waals surface area contributed by atoms with Crippen LogP contribution in [0.1, 0.15) is 20.8 Å². The summed E-state index contributed by atoms with van der Waals surface area (Å²) in [6, 6.07) is 0. The lowest BCUT2D eigenvalue weighted by molar-refractivity contribution is 0.133. The van der Waals surface area contributed by atoms with Crippen LogP contribution in [-0.4, -0.2) is 10.7 Å². The predicted octanol–water partition coefficient (Wildman–Crippen LogP) is 2.25. The van der Waals surface area contributed by atoms with Gasteiger partial charge >= 0.3 is 0 Å². The second-order valence-corrected chi connectivity index (χ2v) is 3.09. The first-order chi connectivity index (χ1) is 4.95. The highest BCUT2D eigenvalue weighted by Crippen LogP contribution is 2.03. The van der Waals surface area contributed by atoms with Crippen molar-refractivity contribution in [3.05, 3.63) is 36.5 Å². The summed E-state index contributed by atoms with van der Waals surface area (Å²) in [5.74, 6) is 0. The van der Waals surface area contributed by atoms with Crippen molar-refractivity contribution < 1.29 is 5.11 Å². The van der Waals surface area contributed by atoms with Crippen LogP contribution in [-0.2, 0) is 0 Å². The Morgan fingerprint density at radius 2 is 2.00 bits per heavy atom. The molecule has 0 unspecified atom stereocenters. The van der Waals surface area contributed by atoms with Gasteiger partial charge in [-0.3, -0.25) is 0 Å². The summed E-state index contributed by atoms with van der Waals surface area (Å²) in [4.78, 5) is 0. The molecule has 0 aromatic rings. The Balaban J connectivity index is 4.06. The molecule has 0 rings (SSSR count). The molecule has 0 saturated carbocycles. The van der Waals surface area contributed by atoms with Gasteiger partial charge in [0.25, 0.3) is 0 Å². The normalized spacial score (nSPS) is 14.0. The second kappa shape index (κ2) is 4.14. The van der Waals surface area contributed by atoms with Crippen molar-refractivity contribution in [3.8, 4) is 0 Å². The molecule has 1 heteroatoms. The molecule has 0 fully saturated rings. The van der Waals surface area contributed by atoms with E-state index in [1.54, 1.807) is 26.0 Å². The topological polar surface area (TPSA) is 20.2 Å². The van der Waals surface area contributed by atoms with Crippen LogP contribution in [0, 0.1) is 6.58 Å². The van der Waals surface area contributed by atoms with Crippen LogP contribution in [0.5, 0.6) is 0 Å². The first-order valence-electron chi connectivity index (χ1n) is 3.59. The predicted molar refractivity (Wildman–Crippen MR) is 48.1 cm³/mol. The van der Waals surface area contributed by atoms with Gasteiger partial charge in [0, 0.05) is 0 Å². The summed E-state index contributed by atoms with van der Waals surface area (Å²) in [5, 5.41) is 9.25. The summed E-state index contributed by atoms with van der Waals surface area (Å²) < 4.78 is 0. The first-order valence-corrected chi connectivity index (χ1v) is 3.59. The molecule has 11 heavy (non-hydrogen) atoms. The summed E-state index contributed by atoms with van der Waals surface area (Å²) in [6.45, 7) is 10.6. The monoisotopic (exact) mass is 151 g/mol. The number of hydrogen-bond donors (Lipinski definition) is 1. The van der Waals surface area contributed by atoms with Gasteiger partial charge in [-0.15, -0.1) is 0 Å². The van der Waals surface area contributed by atoms with E-state index < -0.39 is 5.60 Å². The third kappa shape index (κ3) is 7.07. The second-order valence-electron chi connectivity index (χ2n) is 3.09. The van der Waals surface area contributed by atoms with Crippen molar-refractivity contribution in [2.75, 3.05) is 0 Å². The maximum atomic E-state index is 9.25. The molecule has 0 aliphatic rings. The zero-order valence-corrected chi connectivity index (χ0v) is 7.33. The molecule has 0 amide bonds. The lowest BCUT2D eigenvalue weighted by Crippen LogP contribution is -2.13. The molecule has 0 atom stereocenters. The van der Waals surface area contributed by atoms with Gasteiger partial charge in [-0.1, -0.05) is 36.5 Å². The minimum atomic E-state index is -0.745. The molecule has 61 valence electrons. The Kier molecular flexibility index (Phi) is 3.83. The van der Waals surface area contributed by atoms with Crippen LogP contribution < -0.4 is 0 Å². The van der Waals surface area contributed by atoms with Crippen LogP contribution in [0.3, 0.4) is 0 Å². The smallest absolute Gasteiger partial charge is 0.0774 e. The van der Waals surface area contributed by atoms with Crippen molar-refractivity contribution in [2.24, 2.45) is 0 Å². The van der Waals surface area contributed by atoms with Gasteiger partial charge in [-0.25, -0.2) is 0 Å². The fraction of sp³-hybridized carbons (Fsp3) is 0.400. The maximum Gasteiger partial charge on any atom is 0.0774 e. The van der Waals surface area contributed by atoms with E-state index in [0.29, 0.717) is 0 Å². The van der Waals surface area contributed by atoms with Crippen molar-refractivity contribution in [1.29, 1.82) is 0 Å². The van der Waals surface area contributed by atoms with Gasteiger partial charge in [-0.2, -0.15) is 0 Å². The molecule has 0 bridgehead atoms. The van der Waals surface area contributed by atoms with E-state index in [1.165, 1.54) is 6.08 Å². The lowest BCUT2D eigenvalue weighted by Gasteiger charge is -2.08. The van der Waals surface area contributed by atoms with E-state index >= 15 is 0 Å². The van der Waals surface area contributed by atoms with Crippen LogP contribution in [0.2, 0.25) is 0 Å². The zero-order valence-electron chi connectivity index (χ0n) is 7.33. The summed E-state index contributed by atoms with van der Waals surface area (Å²) in [7, 11) is 0. The van der Waals surface area contributed by atoms with Gasteiger partial charge in [0.15, 0.2) is 0 Å². The Morgan fingerprint density at radius 1 is 1.45 bits per heavy atom. The first kappa shape index (κ1) is 10.2. The van der Waals surface area contributed by atoms with Crippen molar-refractivity contribution in [2.45, 2.75) is 26.4 Å². The van der Waals surface area contributed by atoms with Gasteiger partial charge in [0.1, 0.15) is 0 Å². The largest absolute Gasteiger partial charge is 0.386 e. The van der Waals surface area contributed by atoms with E-state index in [0.717, 1.165) is 5.57 Å². The average molecular weight is 151 g/mol.